The summed E-state index contributed by atoms with van der Waals surface area (Å²) in [5.74, 6) is 0.907. The van der Waals surface area contributed by atoms with Crippen molar-refractivity contribution in [3.63, 3.8) is 0 Å². The molecular weight excluding hydrogens is 272 g/mol. The van der Waals surface area contributed by atoms with Crippen LogP contribution < -0.4 is 10.1 Å². The molecule has 0 aliphatic rings. The smallest absolute Gasteiger partial charge is 0.387 e. The Kier molecular flexibility index (Phi) is 8.28. The average Bonchev–Trinajstić information content (AvgIpc) is 2.47. The zero-order valence-corrected chi connectivity index (χ0v) is 13.2. The highest BCUT2D eigenvalue weighted by Crippen LogP contribution is 2.20. The molecule has 0 aliphatic heterocycles. The molecule has 0 aliphatic carbocycles. The minimum Gasteiger partial charge on any atom is -0.435 e. The van der Waals surface area contributed by atoms with E-state index in [2.05, 4.69) is 30.8 Å². The number of ether oxygens (including phenoxy) is 1. The second-order valence-electron chi connectivity index (χ2n) is 5.49. The Bertz CT molecular complexity index is 381. The van der Waals surface area contributed by atoms with Crippen LogP contribution in [0.4, 0.5) is 8.78 Å². The van der Waals surface area contributed by atoms with Crippen LogP contribution >= 0.6 is 0 Å². The summed E-state index contributed by atoms with van der Waals surface area (Å²) >= 11 is 0. The molecule has 0 saturated carbocycles. The van der Waals surface area contributed by atoms with Gasteiger partial charge < -0.3 is 10.1 Å². The van der Waals surface area contributed by atoms with Gasteiger partial charge in [-0.3, -0.25) is 0 Å². The molecule has 0 bridgehead atoms. The Morgan fingerprint density at radius 3 is 2.33 bits per heavy atom. The first-order valence-corrected chi connectivity index (χ1v) is 7.84. The molecule has 21 heavy (non-hydrogen) atoms. The number of benzene rings is 1. The van der Waals surface area contributed by atoms with E-state index in [1.165, 1.54) is 25.7 Å². The predicted octanol–water partition coefficient (Wildman–Crippen LogP) is 5.16. The van der Waals surface area contributed by atoms with Gasteiger partial charge in [0.1, 0.15) is 5.75 Å². The summed E-state index contributed by atoms with van der Waals surface area (Å²) in [6.45, 7) is 4.76. The Balaban J connectivity index is 2.45. The van der Waals surface area contributed by atoms with E-state index in [0.717, 1.165) is 12.1 Å². The molecule has 2 unspecified atom stereocenters. The van der Waals surface area contributed by atoms with Crippen LogP contribution in [0.1, 0.15) is 58.1 Å². The van der Waals surface area contributed by atoms with Gasteiger partial charge >= 0.3 is 6.61 Å². The number of hydrogen-bond acceptors (Lipinski definition) is 2. The quantitative estimate of drug-likeness (QED) is 0.644. The molecule has 1 rings (SSSR count). The van der Waals surface area contributed by atoms with Crippen LogP contribution in [-0.4, -0.2) is 13.2 Å². The van der Waals surface area contributed by atoms with Crippen molar-refractivity contribution in [3.8, 4) is 5.75 Å². The van der Waals surface area contributed by atoms with Crippen LogP contribution in [0.25, 0.3) is 0 Å². The highest BCUT2D eigenvalue weighted by molar-refractivity contribution is 5.28. The van der Waals surface area contributed by atoms with Crippen molar-refractivity contribution in [2.75, 3.05) is 6.54 Å². The molecule has 1 N–H and O–H groups in total. The summed E-state index contributed by atoms with van der Waals surface area (Å²) in [4.78, 5) is 0. The van der Waals surface area contributed by atoms with E-state index in [1.807, 2.05) is 12.1 Å². The second-order valence-corrected chi connectivity index (χ2v) is 5.49. The molecule has 0 radical (unpaired) electrons. The molecule has 1 aromatic carbocycles. The normalized spacial score (nSPS) is 14.2. The van der Waals surface area contributed by atoms with Gasteiger partial charge in [0.2, 0.25) is 0 Å². The number of nitrogens with one attached hydrogen (secondary N) is 1. The SMILES string of the molecule is CCCCC(CC)CNC(C)c1ccc(OC(F)F)cc1. The first kappa shape index (κ1) is 17.9. The maximum Gasteiger partial charge on any atom is 0.387 e. The van der Waals surface area contributed by atoms with Crippen LogP contribution in [0.2, 0.25) is 0 Å². The van der Waals surface area contributed by atoms with Gasteiger partial charge in [-0.05, 0) is 43.5 Å². The summed E-state index contributed by atoms with van der Waals surface area (Å²) in [7, 11) is 0. The summed E-state index contributed by atoms with van der Waals surface area (Å²) in [5, 5.41) is 3.53. The van der Waals surface area contributed by atoms with Crippen molar-refractivity contribution < 1.29 is 13.5 Å². The van der Waals surface area contributed by atoms with E-state index in [9.17, 15) is 8.78 Å². The fourth-order valence-corrected chi connectivity index (χ4v) is 2.34. The van der Waals surface area contributed by atoms with E-state index in [4.69, 9.17) is 0 Å². The standard InChI is InChI=1S/C17H27F2NO/c1-4-6-7-14(5-2)12-20-13(3)15-8-10-16(11-9-15)21-17(18)19/h8-11,13-14,17,20H,4-7,12H2,1-3H3. The predicted molar refractivity (Wildman–Crippen MR) is 82.8 cm³/mol. The molecule has 120 valence electrons. The fraction of sp³-hybridized carbons (Fsp3) is 0.647. The topological polar surface area (TPSA) is 21.3 Å². The highest BCUT2D eigenvalue weighted by Gasteiger charge is 2.10. The molecule has 2 nitrogen and oxygen atoms in total. The highest BCUT2D eigenvalue weighted by atomic mass is 19.3. The first-order valence-electron chi connectivity index (χ1n) is 7.84. The zero-order valence-electron chi connectivity index (χ0n) is 13.2. The molecule has 2 atom stereocenters. The Hall–Kier alpha value is -1.16. The van der Waals surface area contributed by atoms with Crippen LogP contribution in [0.3, 0.4) is 0 Å². The summed E-state index contributed by atoms with van der Waals surface area (Å²) in [6.07, 6.45) is 4.95. The van der Waals surface area contributed by atoms with Crippen LogP contribution in [0.5, 0.6) is 5.75 Å². The largest absolute Gasteiger partial charge is 0.435 e. The molecule has 4 heteroatoms. The van der Waals surface area contributed by atoms with Crippen molar-refractivity contribution in [3.05, 3.63) is 29.8 Å². The monoisotopic (exact) mass is 299 g/mol. The van der Waals surface area contributed by atoms with E-state index < -0.39 is 6.61 Å². The van der Waals surface area contributed by atoms with E-state index in [-0.39, 0.29) is 11.8 Å². The summed E-state index contributed by atoms with van der Waals surface area (Å²) < 4.78 is 28.5. The van der Waals surface area contributed by atoms with Gasteiger partial charge in [-0.15, -0.1) is 0 Å². The molecule has 0 aromatic heterocycles. The van der Waals surface area contributed by atoms with E-state index in [0.29, 0.717) is 5.92 Å². The van der Waals surface area contributed by atoms with Gasteiger partial charge in [-0.1, -0.05) is 45.2 Å². The maximum atomic E-state index is 12.1. The summed E-state index contributed by atoms with van der Waals surface area (Å²) in [5.41, 5.74) is 1.09. The van der Waals surface area contributed by atoms with Crippen molar-refractivity contribution >= 4 is 0 Å². The van der Waals surface area contributed by atoms with Gasteiger partial charge in [0, 0.05) is 6.04 Å². The minimum atomic E-state index is -2.77. The molecule has 0 amide bonds. The third-order valence-electron chi connectivity index (χ3n) is 3.86. The van der Waals surface area contributed by atoms with Gasteiger partial charge in [0.25, 0.3) is 0 Å². The lowest BCUT2D eigenvalue weighted by Gasteiger charge is -2.20. The van der Waals surface area contributed by atoms with Crippen LogP contribution in [-0.2, 0) is 0 Å². The average molecular weight is 299 g/mol. The van der Waals surface area contributed by atoms with Gasteiger partial charge in [0.05, 0.1) is 0 Å². The van der Waals surface area contributed by atoms with Crippen molar-refractivity contribution in [2.45, 2.75) is 59.1 Å². The lowest BCUT2D eigenvalue weighted by atomic mass is 9.98. The third-order valence-corrected chi connectivity index (χ3v) is 3.86. The molecule has 0 heterocycles. The van der Waals surface area contributed by atoms with Crippen LogP contribution in [0.15, 0.2) is 24.3 Å². The van der Waals surface area contributed by atoms with E-state index >= 15 is 0 Å². The Morgan fingerprint density at radius 2 is 1.81 bits per heavy atom. The lowest BCUT2D eigenvalue weighted by Crippen LogP contribution is -2.25. The number of rotatable bonds is 10. The number of halogens is 2. The molecule has 0 saturated heterocycles. The van der Waals surface area contributed by atoms with Crippen molar-refractivity contribution in [1.29, 1.82) is 0 Å². The number of unbranched alkanes of at least 4 members (excludes halogenated alkanes) is 1. The zero-order chi connectivity index (χ0) is 15.7. The Labute approximate surface area is 126 Å². The molecule has 1 aromatic rings. The number of alkyl halides is 2. The first-order chi connectivity index (χ1) is 10.1. The van der Waals surface area contributed by atoms with Gasteiger partial charge in [-0.25, -0.2) is 0 Å². The maximum absolute atomic E-state index is 12.1. The molecule has 0 spiro atoms. The minimum absolute atomic E-state index is 0.204. The van der Waals surface area contributed by atoms with Crippen molar-refractivity contribution in [1.82, 2.24) is 5.32 Å². The second kappa shape index (κ2) is 9.72. The molecular formula is C17H27F2NO. The summed E-state index contributed by atoms with van der Waals surface area (Å²) in [6, 6.07) is 7.06. The number of hydrogen-bond donors (Lipinski definition) is 1. The lowest BCUT2D eigenvalue weighted by molar-refractivity contribution is -0.0498. The molecule has 0 fully saturated rings. The fourth-order valence-electron chi connectivity index (χ4n) is 2.34. The third kappa shape index (κ3) is 6.89. The van der Waals surface area contributed by atoms with Crippen LogP contribution in [0, 0.1) is 5.92 Å². The van der Waals surface area contributed by atoms with Gasteiger partial charge in [-0.2, -0.15) is 8.78 Å². The van der Waals surface area contributed by atoms with E-state index in [1.54, 1.807) is 12.1 Å². The Morgan fingerprint density at radius 1 is 1.14 bits per heavy atom. The van der Waals surface area contributed by atoms with Gasteiger partial charge in [0.15, 0.2) is 0 Å². The van der Waals surface area contributed by atoms with Crippen molar-refractivity contribution in [2.24, 2.45) is 5.92 Å².